The van der Waals surface area contributed by atoms with Gasteiger partial charge in [0.15, 0.2) is 0 Å². The van der Waals surface area contributed by atoms with Crippen LogP contribution in [-0.4, -0.2) is 9.97 Å². The lowest BCUT2D eigenvalue weighted by Gasteiger charge is -2.11. The SMILES string of the molecule is Cc1[nH]c(C2CCC(C)C2)nc(=S)c1C. The van der Waals surface area contributed by atoms with E-state index in [4.69, 9.17) is 12.2 Å². The van der Waals surface area contributed by atoms with E-state index in [1.807, 2.05) is 6.92 Å². The average Bonchev–Trinajstić information content (AvgIpc) is 2.60. The van der Waals surface area contributed by atoms with Crippen LogP contribution in [0.5, 0.6) is 0 Å². The number of aromatic amines is 1. The first-order valence-corrected chi connectivity index (χ1v) is 6.06. The van der Waals surface area contributed by atoms with Gasteiger partial charge in [0, 0.05) is 17.2 Å². The van der Waals surface area contributed by atoms with E-state index >= 15 is 0 Å². The Bertz CT molecular complexity index is 422. The third-order valence-corrected chi connectivity index (χ3v) is 3.90. The van der Waals surface area contributed by atoms with Gasteiger partial charge in [0.05, 0.1) is 0 Å². The van der Waals surface area contributed by atoms with Gasteiger partial charge in [-0.3, -0.25) is 0 Å². The van der Waals surface area contributed by atoms with E-state index < -0.39 is 0 Å². The number of H-pyrrole nitrogens is 1. The summed E-state index contributed by atoms with van der Waals surface area (Å²) < 4.78 is 0.765. The minimum absolute atomic E-state index is 0.598. The standard InChI is InChI=1S/C12H18N2S/c1-7-4-5-10(6-7)11-13-9(3)8(2)12(15)14-11/h7,10H,4-6H2,1-3H3,(H,13,14,15). The Kier molecular flexibility index (Phi) is 2.91. The Balaban J connectivity index is 2.34. The Labute approximate surface area is 96.1 Å². The highest BCUT2D eigenvalue weighted by atomic mass is 32.1. The molecular weight excluding hydrogens is 204 g/mol. The Morgan fingerprint density at radius 1 is 1.33 bits per heavy atom. The summed E-state index contributed by atoms with van der Waals surface area (Å²) in [6, 6.07) is 0. The lowest BCUT2D eigenvalue weighted by atomic mass is 10.1. The van der Waals surface area contributed by atoms with Crippen LogP contribution in [0, 0.1) is 24.4 Å². The summed E-state index contributed by atoms with van der Waals surface area (Å²) in [6.07, 6.45) is 3.82. The molecular formula is C12H18N2S. The molecule has 2 nitrogen and oxygen atoms in total. The summed E-state index contributed by atoms with van der Waals surface area (Å²) in [5.41, 5.74) is 2.28. The van der Waals surface area contributed by atoms with Crippen molar-refractivity contribution in [3.63, 3.8) is 0 Å². The molecule has 1 aromatic rings. The Morgan fingerprint density at radius 2 is 2.07 bits per heavy atom. The lowest BCUT2D eigenvalue weighted by Crippen LogP contribution is -2.04. The van der Waals surface area contributed by atoms with Crippen molar-refractivity contribution in [1.29, 1.82) is 0 Å². The molecule has 0 aromatic carbocycles. The van der Waals surface area contributed by atoms with Crippen LogP contribution >= 0.6 is 12.2 Å². The molecule has 0 bridgehead atoms. The molecule has 2 atom stereocenters. The van der Waals surface area contributed by atoms with Gasteiger partial charge in [0.2, 0.25) is 0 Å². The van der Waals surface area contributed by atoms with Gasteiger partial charge in [0.25, 0.3) is 0 Å². The molecule has 0 amide bonds. The minimum Gasteiger partial charge on any atom is -0.347 e. The number of nitrogens with one attached hydrogen (secondary N) is 1. The second-order valence-corrected chi connectivity index (χ2v) is 5.18. The molecule has 82 valence electrons. The monoisotopic (exact) mass is 222 g/mol. The highest BCUT2D eigenvalue weighted by Crippen LogP contribution is 2.36. The maximum Gasteiger partial charge on any atom is 0.132 e. The summed E-state index contributed by atoms with van der Waals surface area (Å²) in [5.74, 6) is 2.54. The molecule has 0 spiro atoms. The fourth-order valence-electron chi connectivity index (χ4n) is 2.32. The van der Waals surface area contributed by atoms with Crippen LogP contribution in [0.2, 0.25) is 0 Å². The van der Waals surface area contributed by atoms with Crippen molar-refractivity contribution >= 4 is 12.2 Å². The number of aromatic nitrogens is 2. The van der Waals surface area contributed by atoms with Crippen LogP contribution in [0.25, 0.3) is 0 Å². The van der Waals surface area contributed by atoms with Crippen LogP contribution in [0.3, 0.4) is 0 Å². The molecule has 2 unspecified atom stereocenters. The van der Waals surface area contributed by atoms with Crippen LogP contribution in [0.15, 0.2) is 0 Å². The molecule has 0 saturated heterocycles. The zero-order chi connectivity index (χ0) is 11.0. The van der Waals surface area contributed by atoms with Gasteiger partial charge >= 0.3 is 0 Å². The molecule has 1 aromatic heterocycles. The van der Waals surface area contributed by atoms with Crippen molar-refractivity contribution < 1.29 is 0 Å². The van der Waals surface area contributed by atoms with Crippen molar-refractivity contribution in [2.45, 2.75) is 46.0 Å². The number of aryl methyl sites for hydroxylation is 1. The number of hydrogen-bond donors (Lipinski definition) is 1. The van der Waals surface area contributed by atoms with Crippen LogP contribution in [-0.2, 0) is 0 Å². The molecule has 3 heteroatoms. The summed E-state index contributed by atoms with van der Waals surface area (Å²) in [4.78, 5) is 7.91. The number of rotatable bonds is 1. The molecule has 0 aliphatic heterocycles. The lowest BCUT2D eigenvalue weighted by molar-refractivity contribution is 0.583. The number of nitrogens with zero attached hydrogens (tertiary/aromatic N) is 1. The van der Waals surface area contributed by atoms with E-state index in [1.54, 1.807) is 0 Å². The summed E-state index contributed by atoms with van der Waals surface area (Å²) in [6.45, 7) is 6.42. The fourth-order valence-corrected chi connectivity index (χ4v) is 2.57. The average molecular weight is 222 g/mol. The van der Waals surface area contributed by atoms with Gasteiger partial charge in [-0.15, -0.1) is 0 Å². The largest absolute Gasteiger partial charge is 0.347 e. The fraction of sp³-hybridized carbons (Fsp3) is 0.667. The third-order valence-electron chi connectivity index (χ3n) is 3.50. The summed E-state index contributed by atoms with van der Waals surface area (Å²) in [5, 5.41) is 0. The van der Waals surface area contributed by atoms with E-state index in [0.29, 0.717) is 5.92 Å². The first-order valence-electron chi connectivity index (χ1n) is 5.65. The van der Waals surface area contributed by atoms with Crippen molar-refractivity contribution in [3.8, 4) is 0 Å². The van der Waals surface area contributed by atoms with Crippen LogP contribution < -0.4 is 0 Å². The second kappa shape index (κ2) is 4.05. The van der Waals surface area contributed by atoms with E-state index in [-0.39, 0.29) is 0 Å². The normalized spacial score (nSPS) is 25.8. The van der Waals surface area contributed by atoms with E-state index in [1.165, 1.54) is 25.0 Å². The van der Waals surface area contributed by atoms with Gasteiger partial charge in [-0.05, 0) is 39.0 Å². The maximum absolute atomic E-state index is 5.26. The zero-order valence-electron chi connectivity index (χ0n) is 9.63. The summed E-state index contributed by atoms with van der Waals surface area (Å²) >= 11 is 5.26. The molecule has 1 aliphatic carbocycles. The van der Waals surface area contributed by atoms with Crippen molar-refractivity contribution in [1.82, 2.24) is 9.97 Å². The zero-order valence-corrected chi connectivity index (χ0v) is 10.4. The number of hydrogen-bond acceptors (Lipinski definition) is 2. The van der Waals surface area contributed by atoms with Gasteiger partial charge in [-0.25, -0.2) is 4.98 Å². The molecule has 0 radical (unpaired) electrons. The second-order valence-electron chi connectivity index (χ2n) is 4.79. The Hall–Kier alpha value is -0.700. The third kappa shape index (κ3) is 2.12. The van der Waals surface area contributed by atoms with E-state index in [0.717, 1.165) is 21.9 Å². The van der Waals surface area contributed by atoms with Gasteiger partial charge in [-0.2, -0.15) is 0 Å². The molecule has 1 aliphatic rings. The minimum atomic E-state index is 0.598. The first kappa shape index (κ1) is 10.8. The molecule has 1 saturated carbocycles. The van der Waals surface area contributed by atoms with Crippen molar-refractivity contribution in [2.24, 2.45) is 5.92 Å². The molecule has 15 heavy (non-hydrogen) atoms. The van der Waals surface area contributed by atoms with Gasteiger partial charge in [-0.1, -0.05) is 19.1 Å². The van der Waals surface area contributed by atoms with E-state index in [2.05, 4.69) is 23.8 Å². The molecule has 1 fully saturated rings. The highest BCUT2D eigenvalue weighted by molar-refractivity contribution is 7.71. The van der Waals surface area contributed by atoms with Gasteiger partial charge in [0.1, 0.15) is 10.5 Å². The van der Waals surface area contributed by atoms with Crippen molar-refractivity contribution in [2.75, 3.05) is 0 Å². The van der Waals surface area contributed by atoms with Crippen LogP contribution in [0.1, 0.15) is 49.2 Å². The quantitative estimate of drug-likeness (QED) is 0.735. The van der Waals surface area contributed by atoms with Gasteiger partial charge < -0.3 is 4.98 Å². The van der Waals surface area contributed by atoms with Crippen LogP contribution in [0.4, 0.5) is 0 Å². The smallest absolute Gasteiger partial charge is 0.132 e. The first-order chi connectivity index (χ1) is 7.08. The maximum atomic E-state index is 5.26. The predicted molar refractivity (Wildman–Crippen MR) is 64.7 cm³/mol. The summed E-state index contributed by atoms with van der Waals surface area (Å²) in [7, 11) is 0. The topological polar surface area (TPSA) is 28.7 Å². The molecule has 1 N–H and O–H groups in total. The van der Waals surface area contributed by atoms with Crippen molar-refractivity contribution in [3.05, 3.63) is 21.7 Å². The van der Waals surface area contributed by atoms with E-state index in [9.17, 15) is 0 Å². The molecule has 1 heterocycles. The highest BCUT2D eigenvalue weighted by Gasteiger charge is 2.24. The Morgan fingerprint density at radius 3 is 2.60 bits per heavy atom. The molecule has 2 rings (SSSR count). The predicted octanol–water partition coefficient (Wildman–Crippen LogP) is 3.66.